The second-order valence-corrected chi connectivity index (χ2v) is 4.38. The highest BCUT2D eigenvalue weighted by molar-refractivity contribution is 6.17. The highest BCUT2D eigenvalue weighted by Gasteiger charge is 2.22. The van der Waals surface area contributed by atoms with Gasteiger partial charge in [0.2, 0.25) is 0 Å². The van der Waals surface area contributed by atoms with Crippen LogP contribution in [-0.4, -0.2) is 38.0 Å². The van der Waals surface area contributed by atoms with Crippen LogP contribution in [0.3, 0.4) is 0 Å². The van der Waals surface area contributed by atoms with Crippen molar-refractivity contribution in [1.29, 1.82) is 0 Å². The van der Waals surface area contributed by atoms with Gasteiger partial charge in [0.1, 0.15) is 5.75 Å². The van der Waals surface area contributed by atoms with Crippen molar-refractivity contribution in [3.63, 3.8) is 0 Å². The van der Waals surface area contributed by atoms with Crippen molar-refractivity contribution >= 4 is 13.4 Å². The van der Waals surface area contributed by atoms with Crippen LogP contribution in [0.25, 0.3) is 0 Å². The third-order valence-electron chi connectivity index (χ3n) is 2.81. The number of anilines is 1. The molecule has 0 aliphatic carbocycles. The topological polar surface area (TPSA) is 41.9 Å². The van der Waals surface area contributed by atoms with E-state index >= 15 is 0 Å². The number of benzene rings is 1. The first-order chi connectivity index (χ1) is 8.19. The first-order valence-electron chi connectivity index (χ1n) is 5.82. The lowest BCUT2D eigenvalue weighted by molar-refractivity contribution is -0.00521. The van der Waals surface area contributed by atoms with E-state index < -0.39 is 0 Å². The zero-order chi connectivity index (χ0) is 12.3. The van der Waals surface area contributed by atoms with E-state index in [2.05, 4.69) is 18.7 Å². The van der Waals surface area contributed by atoms with Crippen LogP contribution >= 0.6 is 0 Å². The van der Waals surface area contributed by atoms with Crippen molar-refractivity contribution in [3.8, 4) is 5.75 Å². The molecular weight excluding hydrogens is 217 g/mol. The molecule has 17 heavy (non-hydrogen) atoms. The van der Waals surface area contributed by atoms with E-state index in [4.69, 9.17) is 14.4 Å². The normalized spacial score (nSPS) is 24.5. The molecule has 0 aromatic heterocycles. The summed E-state index contributed by atoms with van der Waals surface area (Å²) in [6.07, 6.45) is 0.501. The fourth-order valence-corrected chi connectivity index (χ4v) is 2.19. The average molecular weight is 234 g/mol. The van der Waals surface area contributed by atoms with Gasteiger partial charge in [0, 0.05) is 18.8 Å². The van der Waals surface area contributed by atoms with Gasteiger partial charge in [0.15, 0.2) is 0 Å². The maximum Gasteiger partial charge on any atom is 0.569 e. The van der Waals surface area contributed by atoms with Gasteiger partial charge >= 0.3 is 7.69 Å². The van der Waals surface area contributed by atoms with E-state index in [0.29, 0.717) is 13.4 Å². The summed E-state index contributed by atoms with van der Waals surface area (Å²) in [5, 5.41) is 8.53. The molecule has 1 radical (unpaired) electrons. The third-order valence-corrected chi connectivity index (χ3v) is 2.81. The number of nitrogens with zero attached hydrogens (tertiary/aromatic N) is 1. The molecule has 1 aliphatic heterocycles. The SMILES string of the molecule is C[C@@H]1CN(c2ccc(O[B]O)cc2)C[C@H](C)O1. The average Bonchev–Trinajstić information content (AvgIpc) is 2.29. The van der Waals surface area contributed by atoms with Crippen LogP contribution in [0, 0.1) is 0 Å². The van der Waals surface area contributed by atoms with Crippen LogP contribution in [0.15, 0.2) is 24.3 Å². The number of rotatable bonds is 3. The van der Waals surface area contributed by atoms with Crippen molar-refractivity contribution in [2.45, 2.75) is 26.1 Å². The van der Waals surface area contributed by atoms with Crippen LogP contribution < -0.4 is 9.55 Å². The highest BCUT2D eigenvalue weighted by Crippen LogP contribution is 2.22. The summed E-state index contributed by atoms with van der Waals surface area (Å²) in [6.45, 7) is 5.97. The minimum absolute atomic E-state index is 0.250. The van der Waals surface area contributed by atoms with Gasteiger partial charge in [-0.25, -0.2) is 0 Å². The lowest BCUT2D eigenvalue weighted by Gasteiger charge is -2.36. The molecule has 0 amide bonds. The molecule has 1 heterocycles. The molecule has 0 spiro atoms. The highest BCUT2D eigenvalue weighted by atomic mass is 16.5. The maximum absolute atomic E-state index is 8.53. The fraction of sp³-hybridized carbons (Fsp3) is 0.500. The summed E-state index contributed by atoms with van der Waals surface area (Å²) in [5.74, 6) is 0.630. The largest absolute Gasteiger partial charge is 0.569 e. The fourth-order valence-electron chi connectivity index (χ4n) is 2.19. The Bertz CT molecular complexity index is 347. The van der Waals surface area contributed by atoms with Crippen molar-refractivity contribution < 1.29 is 14.4 Å². The van der Waals surface area contributed by atoms with Crippen LogP contribution in [0.4, 0.5) is 5.69 Å². The molecule has 4 nitrogen and oxygen atoms in total. The molecule has 2 atom stereocenters. The van der Waals surface area contributed by atoms with Gasteiger partial charge in [0.05, 0.1) is 12.2 Å². The summed E-state index contributed by atoms with van der Waals surface area (Å²) in [7, 11) is 0.688. The van der Waals surface area contributed by atoms with Gasteiger partial charge in [-0.3, -0.25) is 0 Å². The van der Waals surface area contributed by atoms with Gasteiger partial charge in [0.25, 0.3) is 0 Å². The van der Waals surface area contributed by atoms with Gasteiger partial charge in [-0.05, 0) is 38.1 Å². The number of ether oxygens (including phenoxy) is 1. The van der Waals surface area contributed by atoms with Gasteiger partial charge in [-0.2, -0.15) is 0 Å². The molecule has 5 heteroatoms. The van der Waals surface area contributed by atoms with E-state index in [1.807, 2.05) is 24.3 Å². The Morgan fingerprint density at radius 2 is 1.82 bits per heavy atom. The molecule has 0 unspecified atom stereocenters. The van der Waals surface area contributed by atoms with E-state index in [0.717, 1.165) is 18.8 Å². The molecule has 1 fully saturated rings. The Morgan fingerprint density at radius 3 is 2.35 bits per heavy atom. The standard InChI is InChI=1S/C12H17BNO3/c1-9-7-14(8-10(2)16-9)11-3-5-12(6-4-11)17-13-15/h3-6,9-10,15H,7-8H2,1-2H3/t9-,10+. The molecule has 1 N–H and O–H groups in total. The van der Waals surface area contributed by atoms with Crippen molar-refractivity contribution in [2.24, 2.45) is 0 Å². The lowest BCUT2D eigenvalue weighted by atomic mass is 10.2. The zero-order valence-electron chi connectivity index (χ0n) is 10.2. The molecule has 1 aromatic carbocycles. The van der Waals surface area contributed by atoms with Crippen LogP contribution in [0.2, 0.25) is 0 Å². The summed E-state index contributed by atoms with van der Waals surface area (Å²) in [6, 6.07) is 7.66. The van der Waals surface area contributed by atoms with Crippen molar-refractivity contribution in [2.75, 3.05) is 18.0 Å². The molecule has 1 aliphatic rings. The molecule has 91 valence electrons. The van der Waals surface area contributed by atoms with Crippen LogP contribution in [-0.2, 0) is 4.74 Å². The minimum atomic E-state index is 0.250. The Labute approximate surface area is 102 Å². The molecular formula is C12H17BNO3. The van der Waals surface area contributed by atoms with Gasteiger partial charge < -0.3 is 19.3 Å². The van der Waals surface area contributed by atoms with Gasteiger partial charge in [-0.1, -0.05) is 0 Å². The van der Waals surface area contributed by atoms with E-state index in [1.165, 1.54) is 0 Å². The Morgan fingerprint density at radius 1 is 1.24 bits per heavy atom. The Hall–Kier alpha value is -1.20. The maximum atomic E-state index is 8.53. The summed E-state index contributed by atoms with van der Waals surface area (Å²) >= 11 is 0. The molecule has 0 bridgehead atoms. The van der Waals surface area contributed by atoms with E-state index in [-0.39, 0.29) is 12.2 Å². The van der Waals surface area contributed by atoms with Crippen molar-refractivity contribution in [1.82, 2.24) is 0 Å². The summed E-state index contributed by atoms with van der Waals surface area (Å²) < 4.78 is 10.6. The van der Waals surface area contributed by atoms with Crippen LogP contribution in [0.5, 0.6) is 5.75 Å². The first-order valence-corrected chi connectivity index (χ1v) is 5.82. The molecule has 1 saturated heterocycles. The first kappa shape index (κ1) is 12.3. The number of morpholine rings is 1. The number of hydrogen-bond acceptors (Lipinski definition) is 4. The third kappa shape index (κ3) is 3.14. The summed E-state index contributed by atoms with van der Waals surface area (Å²) in [4.78, 5) is 2.30. The minimum Gasteiger partial charge on any atom is -0.537 e. The van der Waals surface area contributed by atoms with E-state index in [1.54, 1.807) is 0 Å². The molecule has 2 rings (SSSR count). The number of hydrogen-bond donors (Lipinski definition) is 1. The van der Waals surface area contributed by atoms with E-state index in [9.17, 15) is 0 Å². The predicted octanol–water partition coefficient (Wildman–Crippen LogP) is 1.21. The lowest BCUT2D eigenvalue weighted by Crippen LogP contribution is -2.45. The predicted molar refractivity (Wildman–Crippen MR) is 67.3 cm³/mol. The Balaban J connectivity index is 2.06. The summed E-state index contributed by atoms with van der Waals surface area (Å²) in [5.41, 5.74) is 1.15. The monoisotopic (exact) mass is 234 g/mol. The Kier molecular flexibility index (Phi) is 3.91. The molecule has 0 saturated carbocycles. The van der Waals surface area contributed by atoms with Gasteiger partial charge in [-0.15, -0.1) is 0 Å². The van der Waals surface area contributed by atoms with Crippen LogP contribution in [0.1, 0.15) is 13.8 Å². The second-order valence-electron chi connectivity index (χ2n) is 4.38. The quantitative estimate of drug-likeness (QED) is 0.798. The van der Waals surface area contributed by atoms with Crippen molar-refractivity contribution in [3.05, 3.63) is 24.3 Å². The zero-order valence-corrected chi connectivity index (χ0v) is 10.2. The smallest absolute Gasteiger partial charge is 0.537 e. The molecule has 1 aromatic rings. The second kappa shape index (κ2) is 5.43.